The summed E-state index contributed by atoms with van der Waals surface area (Å²) in [5.41, 5.74) is 6.15. The maximum Gasteiger partial charge on any atom is 0.408 e. The molecular weight excluding hydrogens is 329 g/mol. The third-order valence-corrected chi connectivity index (χ3v) is 4.29. The Bertz CT molecular complexity index is 496. The number of rotatable bonds is 5. The lowest BCUT2D eigenvalue weighted by molar-refractivity contribution is -0.163. The lowest BCUT2D eigenvalue weighted by Crippen LogP contribution is -2.49. The Balaban J connectivity index is 0.00000264. The summed E-state index contributed by atoms with van der Waals surface area (Å²) in [7, 11) is 0. The summed E-state index contributed by atoms with van der Waals surface area (Å²) in [6, 6.07) is 6.51. The van der Waals surface area contributed by atoms with E-state index in [1.54, 1.807) is 30.3 Å². The highest BCUT2D eigenvalue weighted by Crippen LogP contribution is 2.32. The van der Waals surface area contributed by atoms with Crippen molar-refractivity contribution in [1.82, 2.24) is 5.32 Å². The minimum atomic E-state index is -4.47. The van der Waals surface area contributed by atoms with Crippen LogP contribution in [0.4, 0.5) is 13.2 Å². The van der Waals surface area contributed by atoms with Crippen LogP contribution in [0.5, 0.6) is 0 Å². The van der Waals surface area contributed by atoms with Crippen LogP contribution < -0.4 is 11.1 Å². The van der Waals surface area contributed by atoms with Crippen molar-refractivity contribution in [2.24, 2.45) is 17.6 Å². The minimum Gasteiger partial charge on any atom is -0.344 e. The van der Waals surface area contributed by atoms with Crippen LogP contribution in [0.3, 0.4) is 0 Å². The van der Waals surface area contributed by atoms with Gasteiger partial charge in [-0.3, -0.25) is 4.79 Å². The van der Waals surface area contributed by atoms with Crippen LogP contribution in [0.2, 0.25) is 0 Å². The molecule has 0 aromatic heterocycles. The Morgan fingerprint density at radius 1 is 1.26 bits per heavy atom. The van der Waals surface area contributed by atoms with Gasteiger partial charge >= 0.3 is 6.18 Å². The van der Waals surface area contributed by atoms with Crippen LogP contribution in [-0.2, 0) is 11.2 Å². The van der Waals surface area contributed by atoms with E-state index in [0.717, 1.165) is 12.8 Å². The zero-order valence-electron chi connectivity index (χ0n) is 12.7. The van der Waals surface area contributed by atoms with Gasteiger partial charge in [0.2, 0.25) is 5.91 Å². The Morgan fingerprint density at radius 3 is 2.48 bits per heavy atom. The third-order valence-electron chi connectivity index (χ3n) is 4.29. The maximum atomic E-state index is 13.2. The molecule has 7 heteroatoms. The van der Waals surface area contributed by atoms with E-state index in [0.29, 0.717) is 18.5 Å². The molecule has 1 aromatic rings. The number of benzene rings is 1. The topological polar surface area (TPSA) is 55.1 Å². The standard InChI is InChI=1S/C16H21F3N2O.ClH/c17-16(18,19)14(9-11-5-2-1-3-6-11)21-15(22)13-8-4-7-12(13)10-20;/h1-3,5-6,12-14H,4,7-10,20H2,(H,21,22);1H/t12-,13-,14?;/m1./s1. The van der Waals surface area contributed by atoms with E-state index >= 15 is 0 Å². The van der Waals surface area contributed by atoms with Crippen molar-refractivity contribution in [1.29, 1.82) is 0 Å². The number of amides is 1. The number of halogens is 4. The number of alkyl halides is 3. The van der Waals surface area contributed by atoms with Gasteiger partial charge in [-0.25, -0.2) is 0 Å². The monoisotopic (exact) mass is 350 g/mol. The minimum absolute atomic E-state index is 0. The number of carbonyl (C=O) groups excluding carboxylic acids is 1. The number of nitrogens with one attached hydrogen (secondary N) is 1. The van der Waals surface area contributed by atoms with E-state index in [9.17, 15) is 18.0 Å². The van der Waals surface area contributed by atoms with E-state index in [2.05, 4.69) is 5.32 Å². The van der Waals surface area contributed by atoms with E-state index in [-0.39, 0.29) is 24.7 Å². The van der Waals surface area contributed by atoms with E-state index in [1.165, 1.54) is 0 Å². The van der Waals surface area contributed by atoms with Gasteiger partial charge in [0.25, 0.3) is 0 Å². The van der Waals surface area contributed by atoms with Crippen LogP contribution in [0.25, 0.3) is 0 Å². The van der Waals surface area contributed by atoms with Crippen molar-refractivity contribution >= 4 is 18.3 Å². The third kappa shape index (κ3) is 5.39. The van der Waals surface area contributed by atoms with Gasteiger partial charge in [-0.2, -0.15) is 13.2 Å². The zero-order chi connectivity index (χ0) is 16.2. The first kappa shape index (κ1) is 19.8. The van der Waals surface area contributed by atoms with Crippen molar-refractivity contribution in [3.05, 3.63) is 35.9 Å². The molecule has 0 heterocycles. The number of nitrogens with two attached hydrogens (primary N) is 1. The molecule has 1 unspecified atom stereocenters. The predicted octanol–water partition coefficient (Wildman–Crippen LogP) is 3.07. The fourth-order valence-corrected chi connectivity index (χ4v) is 3.04. The van der Waals surface area contributed by atoms with Gasteiger partial charge in [0.15, 0.2) is 0 Å². The Labute approximate surface area is 140 Å². The zero-order valence-corrected chi connectivity index (χ0v) is 13.5. The molecule has 1 aliphatic rings. The first-order valence-corrected chi connectivity index (χ1v) is 7.53. The summed E-state index contributed by atoms with van der Waals surface area (Å²) < 4.78 is 39.6. The molecule has 1 aromatic carbocycles. The molecule has 3 nitrogen and oxygen atoms in total. The molecule has 130 valence electrons. The van der Waals surface area contributed by atoms with Gasteiger partial charge in [-0.05, 0) is 30.9 Å². The van der Waals surface area contributed by atoms with Gasteiger partial charge in [-0.15, -0.1) is 12.4 Å². The molecule has 0 spiro atoms. The molecule has 3 N–H and O–H groups in total. The quantitative estimate of drug-likeness (QED) is 0.857. The lowest BCUT2D eigenvalue weighted by atomic mass is 9.94. The molecule has 1 aliphatic carbocycles. The van der Waals surface area contributed by atoms with Crippen LogP contribution in [0.15, 0.2) is 30.3 Å². The largest absolute Gasteiger partial charge is 0.408 e. The first-order valence-electron chi connectivity index (χ1n) is 7.53. The molecule has 0 bridgehead atoms. The van der Waals surface area contributed by atoms with Crippen LogP contribution in [0, 0.1) is 11.8 Å². The SMILES string of the molecule is Cl.NC[C@H]1CCC[C@H]1C(=O)NC(Cc1ccccc1)C(F)(F)F. The van der Waals surface area contributed by atoms with Gasteiger partial charge < -0.3 is 11.1 Å². The molecule has 0 aliphatic heterocycles. The van der Waals surface area contributed by atoms with Gasteiger partial charge in [0.05, 0.1) is 0 Å². The Hall–Kier alpha value is -1.27. The van der Waals surface area contributed by atoms with Crippen molar-refractivity contribution < 1.29 is 18.0 Å². The fraction of sp³-hybridized carbons (Fsp3) is 0.562. The summed E-state index contributed by atoms with van der Waals surface area (Å²) >= 11 is 0. The first-order chi connectivity index (χ1) is 10.4. The average Bonchev–Trinajstić information content (AvgIpc) is 2.95. The van der Waals surface area contributed by atoms with Crippen molar-refractivity contribution in [3.8, 4) is 0 Å². The van der Waals surface area contributed by atoms with Gasteiger partial charge in [0, 0.05) is 12.3 Å². The molecule has 3 atom stereocenters. The summed E-state index contributed by atoms with van der Waals surface area (Å²) in [6.45, 7) is 0.341. The smallest absolute Gasteiger partial charge is 0.344 e. The van der Waals surface area contributed by atoms with Crippen LogP contribution >= 0.6 is 12.4 Å². The molecule has 0 saturated heterocycles. The van der Waals surface area contributed by atoms with E-state index < -0.39 is 24.0 Å². The molecule has 1 fully saturated rings. The number of carbonyl (C=O) groups is 1. The maximum absolute atomic E-state index is 13.2. The van der Waals surface area contributed by atoms with Gasteiger partial charge in [-0.1, -0.05) is 36.8 Å². The van der Waals surface area contributed by atoms with Crippen molar-refractivity contribution in [3.63, 3.8) is 0 Å². The molecule has 23 heavy (non-hydrogen) atoms. The average molecular weight is 351 g/mol. The molecule has 0 radical (unpaired) electrons. The van der Waals surface area contributed by atoms with Crippen molar-refractivity contribution in [2.45, 2.75) is 37.9 Å². The highest BCUT2D eigenvalue weighted by molar-refractivity contribution is 5.85. The summed E-state index contributed by atoms with van der Waals surface area (Å²) in [4.78, 5) is 12.2. The highest BCUT2D eigenvalue weighted by atomic mass is 35.5. The summed E-state index contributed by atoms with van der Waals surface area (Å²) in [5, 5.41) is 2.19. The van der Waals surface area contributed by atoms with E-state index in [4.69, 9.17) is 5.73 Å². The van der Waals surface area contributed by atoms with Crippen LogP contribution in [-0.4, -0.2) is 24.7 Å². The normalized spacial score (nSPS) is 22.3. The Morgan fingerprint density at radius 2 is 1.91 bits per heavy atom. The molecule has 1 amide bonds. The van der Waals surface area contributed by atoms with E-state index in [1.807, 2.05) is 0 Å². The number of hydrogen-bond acceptors (Lipinski definition) is 2. The van der Waals surface area contributed by atoms with Crippen molar-refractivity contribution in [2.75, 3.05) is 6.54 Å². The number of hydrogen-bond donors (Lipinski definition) is 2. The second-order valence-electron chi connectivity index (χ2n) is 5.83. The second-order valence-corrected chi connectivity index (χ2v) is 5.83. The second kappa shape index (κ2) is 8.55. The summed E-state index contributed by atoms with van der Waals surface area (Å²) in [6.07, 6.45) is -2.46. The van der Waals surface area contributed by atoms with Crippen LogP contribution in [0.1, 0.15) is 24.8 Å². The predicted molar refractivity (Wildman–Crippen MR) is 85.3 cm³/mol. The summed E-state index contributed by atoms with van der Waals surface area (Å²) in [5.74, 6) is -0.928. The lowest BCUT2D eigenvalue weighted by Gasteiger charge is -2.25. The highest BCUT2D eigenvalue weighted by Gasteiger charge is 2.42. The fourth-order valence-electron chi connectivity index (χ4n) is 3.04. The Kier molecular flexibility index (Phi) is 7.35. The molecule has 2 rings (SSSR count). The van der Waals surface area contributed by atoms with Gasteiger partial charge in [0.1, 0.15) is 6.04 Å². The molecular formula is C16H22ClF3N2O. The molecule has 1 saturated carbocycles.